The molecule has 3 N–H and O–H groups in total. The predicted molar refractivity (Wildman–Crippen MR) is 82.0 cm³/mol. The summed E-state index contributed by atoms with van der Waals surface area (Å²) in [7, 11) is 0. The van der Waals surface area contributed by atoms with E-state index in [0.29, 0.717) is 0 Å². The van der Waals surface area contributed by atoms with E-state index >= 15 is 0 Å². The summed E-state index contributed by atoms with van der Waals surface area (Å²) in [5.74, 6) is 2.07. The Bertz CT molecular complexity index is 457. The minimum absolute atomic E-state index is 0.812. The van der Waals surface area contributed by atoms with Crippen LogP contribution in [0.15, 0.2) is 34.3 Å². The second kappa shape index (κ2) is 6.41. The predicted octanol–water partition coefficient (Wildman–Crippen LogP) is 1.02. The topological polar surface area (TPSA) is 60.8 Å². The Kier molecular flexibility index (Phi) is 4.16. The van der Waals surface area contributed by atoms with Crippen LogP contribution in [0.1, 0.15) is 24.0 Å². The van der Waals surface area contributed by atoms with Gasteiger partial charge in [-0.05, 0) is 17.5 Å². The molecule has 0 saturated heterocycles. The van der Waals surface area contributed by atoms with E-state index in [2.05, 4.69) is 50.2 Å². The molecule has 20 heavy (non-hydrogen) atoms. The molecular weight excluding hydrogens is 250 g/mol. The zero-order valence-electron chi connectivity index (χ0n) is 11.7. The van der Waals surface area contributed by atoms with Gasteiger partial charge in [0.25, 0.3) is 0 Å². The Labute approximate surface area is 119 Å². The molecule has 1 aromatic carbocycles. The van der Waals surface area contributed by atoms with Crippen molar-refractivity contribution >= 4 is 11.8 Å². The van der Waals surface area contributed by atoms with Gasteiger partial charge in [0, 0.05) is 32.6 Å². The summed E-state index contributed by atoms with van der Waals surface area (Å²) < 4.78 is 0. The van der Waals surface area contributed by atoms with Crippen molar-refractivity contribution in [1.29, 1.82) is 0 Å². The molecule has 2 heterocycles. The van der Waals surface area contributed by atoms with E-state index < -0.39 is 0 Å². The Balaban J connectivity index is 1.46. The largest absolute Gasteiger partial charge is 0.370 e. The van der Waals surface area contributed by atoms with E-state index in [1.54, 1.807) is 0 Å². The van der Waals surface area contributed by atoms with Crippen molar-refractivity contribution in [2.75, 3.05) is 19.6 Å². The summed E-state index contributed by atoms with van der Waals surface area (Å²) in [5, 5.41) is 9.90. The van der Waals surface area contributed by atoms with Crippen molar-refractivity contribution in [3.05, 3.63) is 35.4 Å². The highest BCUT2D eigenvalue weighted by Crippen LogP contribution is 2.06. The lowest BCUT2D eigenvalue weighted by molar-refractivity contribution is 0.861. The van der Waals surface area contributed by atoms with Crippen molar-refractivity contribution in [3.8, 4) is 0 Å². The first kappa shape index (κ1) is 13.0. The molecule has 0 spiro atoms. The van der Waals surface area contributed by atoms with E-state index in [-0.39, 0.29) is 0 Å². The van der Waals surface area contributed by atoms with E-state index in [0.717, 1.165) is 50.9 Å². The van der Waals surface area contributed by atoms with Crippen molar-refractivity contribution in [3.63, 3.8) is 0 Å². The third-order valence-corrected chi connectivity index (χ3v) is 3.53. The van der Waals surface area contributed by atoms with Crippen LogP contribution in [0.2, 0.25) is 0 Å². The van der Waals surface area contributed by atoms with Gasteiger partial charge in [0.15, 0.2) is 5.96 Å². The molecule has 0 unspecified atom stereocenters. The lowest BCUT2D eigenvalue weighted by atomic mass is 10.1. The summed E-state index contributed by atoms with van der Waals surface area (Å²) in [6.45, 7) is 4.46. The van der Waals surface area contributed by atoms with Crippen LogP contribution >= 0.6 is 0 Å². The molecule has 0 aliphatic carbocycles. The van der Waals surface area contributed by atoms with E-state index in [1.807, 2.05) is 0 Å². The third-order valence-electron chi connectivity index (χ3n) is 3.53. The Morgan fingerprint density at radius 3 is 2.30 bits per heavy atom. The lowest BCUT2D eigenvalue weighted by Gasteiger charge is -2.09. The van der Waals surface area contributed by atoms with Crippen LogP contribution in [0.4, 0.5) is 0 Å². The Morgan fingerprint density at radius 2 is 1.70 bits per heavy atom. The number of aliphatic imine (C=N–C) groups is 2. The summed E-state index contributed by atoms with van der Waals surface area (Å²) >= 11 is 0. The fourth-order valence-electron chi connectivity index (χ4n) is 2.37. The zero-order valence-corrected chi connectivity index (χ0v) is 11.7. The molecule has 0 fully saturated rings. The quantitative estimate of drug-likeness (QED) is 0.766. The second-order valence-corrected chi connectivity index (χ2v) is 5.11. The minimum atomic E-state index is 0.812. The van der Waals surface area contributed by atoms with Crippen molar-refractivity contribution in [1.82, 2.24) is 16.0 Å². The van der Waals surface area contributed by atoms with Crippen LogP contribution in [0.5, 0.6) is 0 Å². The van der Waals surface area contributed by atoms with E-state index in [4.69, 9.17) is 0 Å². The smallest absolute Gasteiger partial charge is 0.191 e. The normalized spacial score (nSPS) is 17.4. The van der Waals surface area contributed by atoms with Gasteiger partial charge in [-0.25, -0.2) is 0 Å². The summed E-state index contributed by atoms with van der Waals surface area (Å²) in [6, 6.07) is 8.67. The highest BCUT2D eigenvalue weighted by molar-refractivity contribution is 5.83. The Morgan fingerprint density at radius 1 is 0.950 bits per heavy atom. The molecule has 0 aromatic heterocycles. The highest BCUT2D eigenvalue weighted by Gasteiger charge is 2.06. The van der Waals surface area contributed by atoms with Crippen LogP contribution in [-0.4, -0.2) is 31.4 Å². The number of guanidine groups is 1. The molecule has 5 nitrogen and oxygen atoms in total. The van der Waals surface area contributed by atoms with Gasteiger partial charge in [0.05, 0.1) is 12.4 Å². The molecule has 3 rings (SSSR count). The van der Waals surface area contributed by atoms with Crippen molar-refractivity contribution in [2.45, 2.75) is 25.9 Å². The van der Waals surface area contributed by atoms with E-state index in [1.165, 1.54) is 17.5 Å². The molecule has 5 heteroatoms. The number of nitrogens with one attached hydrogen (secondary N) is 3. The third kappa shape index (κ3) is 3.50. The van der Waals surface area contributed by atoms with Crippen LogP contribution < -0.4 is 16.0 Å². The van der Waals surface area contributed by atoms with Gasteiger partial charge in [0.2, 0.25) is 0 Å². The maximum atomic E-state index is 4.42. The average Bonchev–Trinajstić information content (AvgIpc) is 3.17. The number of benzene rings is 1. The molecule has 106 valence electrons. The van der Waals surface area contributed by atoms with Gasteiger partial charge in [-0.15, -0.1) is 0 Å². The summed E-state index contributed by atoms with van der Waals surface area (Å²) in [5.41, 5.74) is 2.56. The number of hydrogen-bond acceptors (Lipinski definition) is 5. The highest BCUT2D eigenvalue weighted by atomic mass is 15.2. The second-order valence-electron chi connectivity index (χ2n) is 5.11. The fraction of sp³-hybridized carbons (Fsp3) is 0.467. The SMILES string of the molecule is c1cc(CNC2=NCCN2)ccc1CNC1=NCCC1. The fourth-order valence-corrected chi connectivity index (χ4v) is 2.37. The van der Waals surface area contributed by atoms with Gasteiger partial charge in [-0.1, -0.05) is 24.3 Å². The lowest BCUT2D eigenvalue weighted by Crippen LogP contribution is -2.33. The number of nitrogens with zero attached hydrogens (tertiary/aromatic N) is 2. The van der Waals surface area contributed by atoms with Gasteiger partial charge in [-0.3, -0.25) is 9.98 Å². The van der Waals surface area contributed by atoms with Crippen LogP contribution in [0.25, 0.3) is 0 Å². The van der Waals surface area contributed by atoms with Crippen LogP contribution in [0, 0.1) is 0 Å². The molecule has 0 amide bonds. The van der Waals surface area contributed by atoms with Gasteiger partial charge in [-0.2, -0.15) is 0 Å². The van der Waals surface area contributed by atoms with Gasteiger partial charge in [0.1, 0.15) is 0 Å². The minimum Gasteiger partial charge on any atom is -0.370 e. The number of rotatable bonds is 4. The summed E-state index contributed by atoms with van der Waals surface area (Å²) in [6.07, 6.45) is 2.28. The van der Waals surface area contributed by atoms with Crippen molar-refractivity contribution in [2.24, 2.45) is 9.98 Å². The first-order valence-corrected chi connectivity index (χ1v) is 7.27. The number of hydrogen-bond donors (Lipinski definition) is 3. The standard InChI is InChI=1S/C15H21N5/c1-2-14(16-7-1)19-10-12-3-5-13(6-4-12)11-20-15-17-8-9-18-15/h3-6H,1-2,7-11H2,(H,16,19)(H2,17,18,20). The average molecular weight is 271 g/mol. The molecule has 2 aliphatic rings. The van der Waals surface area contributed by atoms with E-state index in [9.17, 15) is 0 Å². The molecule has 0 saturated carbocycles. The van der Waals surface area contributed by atoms with Gasteiger partial charge < -0.3 is 16.0 Å². The molecule has 2 aliphatic heterocycles. The zero-order chi connectivity index (χ0) is 13.6. The molecule has 0 atom stereocenters. The molecule has 0 radical (unpaired) electrons. The molecule has 1 aromatic rings. The first-order chi connectivity index (χ1) is 9.90. The first-order valence-electron chi connectivity index (χ1n) is 7.27. The maximum Gasteiger partial charge on any atom is 0.191 e. The van der Waals surface area contributed by atoms with Crippen LogP contribution in [0.3, 0.4) is 0 Å². The van der Waals surface area contributed by atoms with Gasteiger partial charge >= 0.3 is 0 Å². The summed E-state index contributed by atoms with van der Waals surface area (Å²) in [4.78, 5) is 8.73. The Hall–Kier alpha value is -2.04. The van der Waals surface area contributed by atoms with Crippen LogP contribution in [-0.2, 0) is 13.1 Å². The molecular formula is C15H21N5. The molecule has 0 bridgehead atoms. The van der Waals surface area contributed by atoms with Crippen molar-refractivity contribution < 1.29 is 0 Å². The maximum absolute atomic E-state index is 4.42. The number of amidine groups is 1. The monoisotopic (exact) mass is 271 g/mol.